The van der Waals surface area contributed by atoms with Crippen molar-refractivity contribution in [2.24, 2.45) is 5.92 Å². The molecule has 2 rings (SSSR count). The molecule has 8 heteroatoms. The molecule has 0 amide bonds. The van der Waals surface area contributed by atoms with Crippen molar-refractivity contribution in [1.29, 1.82) is 0 Å². The molecule has 2 N–H and O–H groups in total. The van der Waals surface area contributed by atoms with Gasteiger partial charge in [0, 0.05) is 13.1 Å². The van der Waals surface area contributed by atoms with Crippen LogP contribution in [0.2, 0.25) is 0 Å². The molecule has 0 unspecified atom stereocenters. The van der Waals surface area contributed by atoms with E-state index in [1.54, 1.807) is 0 Å². The largest absolute Gasteiger partial charge is 0.490 e. The van der Waals surface area contributed by atoms with Crippen LogP contribution in [0.25, 0.3) is 0 Å². The predicted octanol–water partition coefficient (Wildman–Crippen LogP) is 2.23. The van der Waals surface area contributed by atoms with Gasteiger partial charge < -0.3 is 10.2 Å². The van der Waals surface area contributed by atoms with Gasteiger partial charge in [0.05, 0.1) is 5.92 Å². The monoisotopic (exact) mass is 319 g/mol. The van der Waals surface area contributed by atoms with Crippen LogP contribution in [0.15, 0.2) is 30.3 Å². The Morgan fingerprint density at radius 2 is 1.73 bits per heavy atom. The first-order valence-electron chi connectivity index (χ1n) is 6.49. The molecular weight excluding hydrogens is 303 g/mol. The summed E-state index contributed by atoms with van der Waals surface area (Å²) in [5.41, 5.74) is 1.25. The standard InChI is InChI=1S/C12H15NO2.C2HF3O2/c14-12(15)11-6-7-13(9-11)8-10-4-2-1-3-5-10;3-2(4,5)1(6)7/h1-5,11H,6-9H2,(H,14,15);(H,6,7)/t11-;/m0./s1. The molecular formula is C14H16F3NO4. The number of carbonyl (C=O) groups is 2. The summed E-state index contributed by atoms with van der Waals surface area (Å²) in [6, 6.07) is 10.2. The quantitative estimate of drug-likeness (QED) is 0.893. The van der Waals surface area contributed by atoms with E-state index in [1.165, 1.54) is 5.56 Å². The molecule has 1 aliphatic heterocycles. The van der Waals surface area contributed by atoms with Crippen LogP contribution >= 0.6 is 0 Å². The summed E-state index contributed by atoms with van der Waals surface area (Å²) in [6.07, 6.45) is -4.30. The van der Waals surface area contributed by atoms with E-state index in [1.807, 2.05) is 18.2 Å². The second-order valence-electron chi connectivity index (χ2n) is 4.85. The fraction of sp³-hybridized carbons (Fsp3) is 0.429. The summed E-state index contributed by atoms with van der Waals surface area (Å²) in [5, 5.41) is 16.0. The Labute approximate surface area is 125 Å². The minimum Gasteiger partial charge on any atom is -0.481 e. The molecule has 1 fully saturated rings. The van der Waals surface area contributed by atoms with E-state index >= 15 is 0 Å². The summed E-state index contributed by atoms with van der Waals surface area (Å²) in [7, 11) is 0. The number of benzene rings is 1. The van der Waals surface area contributed by atoms with Crippen molar-refractivity contribution in [3.63, 3.8) is 0 Å². The van der Waals surface area contributed by atoms with E-state index in [0.29, 0.717) is 6.54 Å². The molecule has 0 radical (unpaired) electrons. The summed E-state index contributed by atoms with van der Waals surface area (Å²) in [6.45, 7) is 2.45. The minimum atomic E-state index is -5.08. The molecule has 0 aliphatic carbocycles. The second kappa shape index (κ2) is 7.79. The van der Waals surface area contributed by atoms with E-state index < -0.39 is 18.1 Å². The maximum atomic E-state index is 10.8. The number of nitrogens with zero attached hydrogens (tertiary/aromatic N) is 1. The van der Waals surface area contributed by atoms with Crippen LogP contribution in [-0.2, 0) is 16.1 Å². The first-order valence-corrected chi connectivity index (χ1v) is 6.49. The van der Waals surface area contributed by atoms with Crippen molar-refractivity contribution >= 4 is 11.9 Å². The molecule has 1 saturated heterocycles. The van der Waals surface area contributed by atoms with E-state index in [0.717, 1.165) is 19.5 Å². The van der Waals surface area contributed by atoms with E-state index in [9.17, 15) is 18.0 Å². The van der Waals surface area contributed by atoms with Gasteiger partial charge in [-0.3, -0.25) is 9.69 Å². The number of halogens is 3. The number of hydrogen-bond acceptors (Lipinski definition) is 3. The van der Waals surface area contributed by atoms with Crippen molar-refractivity contribution in [3.8, 4) is 0 Å². The predicted molar refractivity (Wildman–Crippen MR) is 71.2 cm³/mol. The Bertz CT molecular complexity index is 505. The van der Waals surface area contributed by atoms with Crippen LogP contribution in [0.5, 0.6) is 0 Å². The molecule has 1 aliphatic rings. The van der Waals surface area contributed by atoms with Gasteiger partial charge in [0.1, 0.15) is 0 Å². The maximum absolute atomic E-state index is 10.8. The molecule has 5 nitrogen and oxygen atoms in total. The molecule has 1 aromatic carbocycles. The van der Waals surface area contributed by atoms with Gasteiger partial charge in [0.15, 0.2) is 0 Å². The van der Waals surface area contributed by atoms with Gasteiger partial charge in [-0.25, -0.2) is 4.79 Å². The minimum absolute atomic E-state index is 0.172. The van der Waals surface area contributed by atoms with Crippen LogP contribution in [0, 0.1) is 5.92 Å². The van der Waals surface area contributed by atoms with Gasteiger partial charge in [-0.15, -0.1) is 0 Å². The first-order chi connectivity index (χ1) is 10.2. The van der Waals surface area contributed by atoms with E-state index in [-0.39, 0.29) is 5.92 Å². The lowest BCUT2D eigenvalue weighted by atomic mass is 10.1. The average molecular weight is 319 g/mol. The van der Waals surface area contributed by atoms with Crippen LogP contribution in [0.3, 0.4) is 0 Å². The zero-order chi connectivity index (χ0) is 16.8. The van der Waals surface area contributed by atoms with Gasteiger partial charge in [0.2, 0.25) is 0 Å². The van der Waals surface area contributed by atoms with Crippen molar-refractivity contribution in [1.82, 2.24) is 4.90 Å². The fourth-order valence-corrected chi connectivity index (χ4v) is 2.02. The van der Waals surface area contributed by atoms with E-state index in [2.05, 4.69) is 17.0 Å². The average Bonchev–Trinajstić information content (AvgIpc) is 2.88. The number of likely N-dealkylation sites (tertiary alicyclic amines) is 1. The van der Waals surface area contributed by atoms with Crippen molar-refractivity contribution in [3.05, 3.63) is 35.9 Å². The Hall–Kier alpha value is -2.09. The van der Waals surface area contributed by atoms with Crippen LogP contribution in [-0.4, -0.2) is 46.3 Å². The van der Waals surface area contributed by atoms with E-state index in [4.69, 9.17) is 15.0 Å². The van der Waals surface area contributed by atoms with Crippen molar-refractivity contribution in [2.75, 3.05) is 13.1 Å². The number of alkyl halides is 3. The smallest absolute Gasteiger partial charge is 0.481 e. The molecule has 22 heavy (non-hydrogen) atoms. The molecule has 0 aromatic heterocycles. The lowest BCUT2D eigenvalue weighted by Gasteiger charge is -2.14. The van der Waals surface area contributed by atoms with Gasteiger partial charge >= 0.3 is 18.1 Å². The summed E-state index contributed by atoms with van der Waals surface area (Å²) in [5.74, 6) is -3.59. The third-order valence-electron chi connectivity index (χ3n) is 3.11. The Kier molecular flexibility index (Phi) is 6.36. The Morgan fingerprint density at radius 1 is 1.18 bits per heavy atom. The zero-order valence-corrected chi connectivity index (χ0v) is 11.6. The molecule has 1 heterocycles. The SMILES string of the molecule is O=C(O)C(F)(F)F.O=C(O)[C@H]1CCN(Cc2ccccc2)C1. The maximum Gasteiger partial charge on any atom is 0.490 e. The number of carboxylic acid groups (broad SMARTS) is 2. The summed E-state index contributed by atoms with van der Waals surface area (Å²) >= 11 is 0. The highest BCUT2D eigenvalue weighted by molar-refractivity contribution is 5.73. The van der Waals surface area contributed by atoms with Crippen molar-refractivity contribution < 1.29 is 33.0 Å². The van der Waals surface area contributed by atoms with Gasteiger partial charge in [-0.1, -0.05) is 30.3 Å². The second-order valence-corrected chi connectivity index (χ2v) is 4.85. The third-order valence-corrected chi connectivity index (χ3v) is 3.11. The Morgan fingerprint density at radius 3 is 2.14 bits per heavy atom. The Balaban J connectivity index is 0.000000295. The van der Waals surface area contributed by atoms with Gasteiger partial charge in [0.25, 0.3) is 0 Å². The molecule has 0 bridgehead atoms. The highest BCUT2D eigenvalue weighted by atomic mass is 19.4. The zero-order valence-electron chi connectivity index (χ0n) is 11.6. The van der Waals surface area contributed by atoms with Crippen LogP contribution in [0.4, 0.5) is 13.2 Å². The van der Waals surface area contributed by atoms with Crippen LogP contribution < -0.4 is 0 Å². The number of aliphatic carboxylic acids is 2. The molecule has 1 aromatic rings. The molecule has 1 atom stereocenters. The highest BCUT2D eigenvalue weighted by Crippen LogP contribution is 2.18. The fourth-order valence-electron chi connectivity index (χ4n) is 2.02. The normalized spacial score (nSPS) is 18.4. The highest BCUT2D eigenvalue weighted by Gasteiger charge is 2.38. The van der Waals surface area contributed by atoms with Crippen molar-refractivity contribution in [2.45, 2.75) is 19.1 Å². The lowest BCUT2D eigenvalue weighted by Crippen LogP contribution is -2.22. The first kappa shape index (κ1) is 18.0. The lowest BCUT2D eigenvalue weighted by molar-refractivity contribution is -0.192. The summed E-state index contributed by atoms with van der Waals surface area (Å²) < 4.78 is 31.7. The number of rotatable bonds is 3. The third kappa shape index (κ3) is 6.13. The number of carboxylic acids is 2. The topological polar surface area (TPSA) is 77.8 Å². The molecule has 122 valence electrons. The van der Waals surface area contributed by atoms with Gasteiger partial charge in [-0.2, -0.15) is 13.2 Å². The van der Waals surface area contributed by atoms with Gasteiger partial charge in [-0.05, 0) is 18.5 Å². The molecule has 0 saturated carbocycles. The number of hydrogen-bond donors (Lipinski definition) is 2. The summed E-state index contributed by atoms with van der Waals surface area (Å²) in [4.78, 5) is 21.9. The van der Waals surface area contributed by atoms with Crippen LogP contribution in [0.1, 0.15) is 12.0 Å². The molecule has 0 spiro atoms.